The van der Waals surface area contributed by atoms with Crippen LogP contribution in [0.1, 0.15) is 18.4 Å². The largest absolute Gasteiger partial charge is 0.550 e. The number of fused-ring (bicyclic) bond motifs is 1. The van der Waals surface area contributed by atoms with Gasteiger partial charge in [0.25, 0.3) is 0 Å². The van der Waals surface area contributed by atoms with Gasteiger partial charge in [-0.15, -0.1) is 0 Å². The molecule has 2 aliphatic heterocycles. The van der Waals surface area contributed by atoms with E-state index in [0.717, 1.165) is 5.56 Å². The lowest BCUT2D eigenvalue weighted by molar-refractivity contribution is -0.305. The Morgan fingerprint density at radius 2 is 1.92 bits per heavy atom. The van der Waals surface area contributed by atoms with E-state index in [1.54, 1.807) is 0 Å². The van der Waals surface area contributed by atoms with Crippen molar-refractivity contribution < 1.29 is 23.1 Å². The van der Waals surface area contributed by atoms with Gasteiger partial charge in [-0.3, -0.25) is 4.79 Å². The number of aliphatic imine (C=N–C) groups is 1. The van der Waals surface area contributed by atoms with Crippen LogP contribution in [0.3, 0.4) is 0 Å². The number of aliphatic carboxylic acids is 1. The summed E-state index contributed by atoms with van der Waals surface area (Å²) in [6.45, 7) is 0.556. The molecule has 140 valence electrons. The molecule has 0 N–H and O–H groups in total. The second-order valence-electron chi connectivity index (χ2n) is 6.39. The third-order valence-electron chi connectivity index (χ3n) is 4.42. The number of carbonyl (C=O) groups is 2. The van der Waals surface area contributed by atoms with Crippen molar-refractivity contribution in [1.29, 1.82) is 0 Å². The molecule has 0 saturated carbocycles. The maximum absolute atomic E-state index is 12.0. The third-order valence-corrected chi connectivity index (χ3v) is 7.67. The van der Waals surface area contributed by atoms with Crippen molar-refractivity contribution in [2.45, 2.75) is 30.6 Å². The van der Waals surface area contributed by atoms with Crippen molar-refractivity contribution in [3.8, 4) is 0 Å². The molecule has 2 atom stereocenters. The van der Waals surface area contributed by atoms with Gasteiger partial charge in [-0.05, 0) is 18.4 Å². The van der Waals surface area contributed by atoms with Gasteiger partial charge in [-0.1, -0.05) is 42.1 Å². The van der Waals surface area contributed by atoms with E-state index in [4.69, 9.17) is 0 Å². The lowest BCUT2D eigenvalue weighted by atomic mass is 10.1. The summed E-state index contributed by atoms with van der Waals surface area (Å²) >= 11 is 1.30. The number of hydrogen-bond acceptors (Lipinski definition) is 6. The molecular weight excluding hydrogens is 376 g/mol. The zero-order chi connectivity index (χ0) is 18.7. The van der Waals surface area contributed by atoms with Gasteiger partial charge in [-0.2, -0.15) is 4.99 Å². The van der Waals surface area contributed by atoms with Crippen LogP contribution < -0.4 is 5.11 Å². The van der Waals surface area contributed by atoms with Crippen LogP contribution in [0.2, 0.25) is 0 Å². The van der Waals surface area contributed by atoms with Crippen molar-refractivity contribution in [2.75, 3.05) is 18.1 Å². The molecule has 0 bridgehead atoms. The van der Waals surface area contributed by atoms with Gasteiger partial charge in [0, 0.05) is 24.2 Å². The molecule has 2 fully saturated rings. The molecular formula is C17H19N2O5S2-. The molecule has 3 rings (SSSR count). The van der Waals surface area contributed by atoms with Gasteiger partial charge in [-0.25, -0.2) is 8.42 Å². The third kappa shape index (κ3) is 4.64. The van der Waals surface area contributed by atoms with E-state index in [9.17, 15) is 23.1 Å². The molecule has 7 nitrogen and oxygen atoms in total. The molecule has 0 unspecified atom stereocenters. The van der Waals surface area contributed by atoms with E-state index in [1.807, 2.05) is 35.2 Å². The van der Waals surface area contributed by atoms with Gasteiger partial charge in [0.1, 0.15) is 0 Å². The first-order valence-corrected chi connectivity index (χ1v) is 11.0. The van der Waals surface area contributed by atoms with Crippen molar-refractivity contribution in [3.05, 3.63) is 35.9 Å². The fourth-order valence-corrected chi connectivity index (χ4v) is 7.16. The maximum Gasteiger partial charge on any atom is 0.248 e. The van der Waals surface area contributed by atoms with Gasteiger partial charge < -0.3 is 14.8 Å². The Kier molecular flexibility index (Phi) is 5.67. The zero-order valence-electron chi connectivity index (χ0n) is 14.0. The lowest BCUT2D eigenvalue weighted by Gasteiger charge is -2.24. The van der Waals surface area contributed by atoms with Crippen molar-refractivity contribution in [2.24, 2.45) is 4.99 Å². The van der Waals surface area contributed by atoms with Crippen LogP contribution in [0.15, 0.2) is 35.3 Å². The number of hydrogen-bond donors (Lipinski definition) is 0. The summed E-state index contributed by atoms with van der Waals surface area (Å²) in [6.07, 6.45) is 0.120. The quantitative estimate of drug-likeness (QED) is 0.660. The summed E-state index contributed by atoms with van der Waals surface area (Å²) in [5, 5.41) is 10.9. The number of rotatable bonds is 6. The van der Waals surface area contributed by atoms with E-state index < -0.39 is 21.7 Å². The Morgan fingerprint density at radius 3 is 2.62 bits per heavy atom. The standard InChI is InChI=1S/C17H20N2O5S2/c20-15(6-7-16(21)22)18-17-19(9-8-12-4-2-1-3-5-12)13-10-26(23,24)11-14(13)25-17/h1-5,13-14H,6-11H2,(H,21,22)/p-1/t13-,14-/m0/s1. The maximum atomic E-state index is 12.0. The average Bonchev–Trinajstić information content (AvgIpc) is 3.03. The van der Waals surface area contributed by atoms with E-state index >= 15 is 0 Å². The number of nitrogens with zero attached hydrogens (tertiary/aromatic N) is 2. The minimum Gasteiger partial charge on any atom is -0.550 e. The number of thioether (sulfide) groups is 1. The molecule has 0 radical (unpaired) electrons. The molecule has 9 heteroatoms. The van der Waals surface area contributed by atoms with Gasteiger partial charge >= 0.3 is 0 Å². The topological polar surface area (TPSA) is 107 Å². The highest BCUT2D eigenvalue weighted by molar-refractivity contribution is 8.15. The van der Waals surface area contributed by atoms with E-state index in [0.29, 0.717) is 18.1 Å². The molecule has 0 spiro atoms. The number of sulfone groups is 1. The first-order chi connectivity index (χ1) is 12.3. The normalized spacial score (nSPS) is 25.4. The molecule has 1 amide bonds. The Bertz CT molecular complexity index is 823. The predicted octanol–water partition coefficient (Wildman–Crippen LogP) is -0.144. The minimum absolute atomic E-state index is 0.0612. The lowest BCUT2D eigenvalue weighted by Crippen LogP contribution is -2.39. The van der Waals surface area contributed by atoms with Crippen LogP contribution in [0.4, 0.5) is 0 Å². The van der Waals surface area contributed by atoms with E-state index in [1.165, 1.54) is 11.8 Å². The van der Waals surface area contributed by atoms with Crippen LogP contribution in [0, 0.1) is 0 Å². The van der Waals surface area contributed by atoms with E-state index in [2.05, 4.69) is 4.99 Å². The van der Waals surface area contributed by atoms with Crippen molar-refractivity contribution in [3.63, 3.8) is 0 Å². The fraction of sp³-hybridized carbons (Fsp3) is 0.471. The summed E-state index contributed by atoms with van der Waals surface area (Å²) in [4.78, 5) is 28.4. The number of carbonyl (C=O) groups excluding carboxylic acids is 2. The van der Waals surface area contributed by atoms with Crippen LogP contribution in [-0.2, 0) is 25.8 Å². The Labute approximate surface area is 156 Å². The summed E-state index contributed by atoms with van der Waals surface area (Å²) in [6, 6.07) is 9.60. The second kappa shape index (κ2) is 7.79. The monoisotopic (exact) mass is 395 g/mol. The highest BCUT2D eigenvalue weighted by Gasteiger charge is 2.48. The first-order valence-electron chi connectivity index (χ1n) is 8.33. The number of benzene rings is 1. The van der Waals surface area contributed by atoms with Crippen LogP contribution in [0.5, 0.6) is 0 Å². The summed E-state index contributed by atoms with van der Waals surface area (Å²) in [7, 11) is -3.08. The molecule has 1 aromatic carbocycles. The molecule has 0 aromatic heterocycles. The zero-order valence-corrected chi connectivity index (χ0v) is 15.7. The van der Waals surface area contributed by atoms with Gasteiger partial charge in [0.05, 0.1) is 17.5 Å². The summed E-state index contributed by atoms with van der Waals surface area (Å²) in [5.41, 5.74) is 1.12. The number of amidine groups is 1. The highest BCUT2D eigenvalue weighted by atomic mass is 32.2. The number of carboxylic acids is 1. The fourth-order valence-electron chi connectivity index (χ4n) is 3.16. The molecule has 2 aliphatic rings. The Hall–Kier alpha value is -1.87. The summed E-state index contributed by atoms with van der Waals surface area (Å²) in [5.74, 6) is -1.67. The Morgan fingerprint density at radius 1 is 1.19 bits per heavy atom. The minimum atomic E-state index is -3.08. The molecule has 2 heterocycles. The second-order valence-corrected chi connectivity index (χ2v) is 9.75. The first kappa shape index (κ1) is 18.9. The SMILES string of the molecule is O=C([O-])CCC(=O)N=C1S[C@H]2CS(=O)(=O)C[C@@H]2N1CCc1ccccc1. The van der Waals surface area contributed by atoms with Crippen LogP contribution in [-0.4, -0.2) is 59.7 Å². The highest BCUT2D eigenvalue weighted by Crippen LogP contribution is 2.38. The van der Waals surface area contributed by atoms with E-state index in [-0.39, 0.29) is 35.6 Å². The van der Waals surface area contributed by atoms with Crippen LogP contribution >= 0.6 is 11.8 Å². The van der Waals surface area contributed by atoms with Gasteiger partial charge in [0.2, 0.25) is 5.91 Å². The van der Waals surface area contributed by atoms with Crippen molar-refractivity contribution >= 4 is 38.6 Å². The van der Waals surface area contributed by atoms with Crippen LogP contribution in [0.25, 0.3) is 0 Å². The van der Waals surface area contributed by atoms with Crippen molar-refractivity contribution in [1.82, 2.24) is 4.90 Å². The predicted molar refractivity (Wildman–Crippen MR) is 97.4 cm³/mol. The number of amides is 1. The molecule has 1 aromatic rings. The molecule has 2 saturated heterocycles. The smallest absolute Gasteiger partial charge is 0.248 e. The number of carboxylic acid groups (broad SMARTS) is 1. The average molecular weight is 395 g/mol. The van der Waals surface area contributed by atoms with Gasteiger partial charge in [0.15, 0.2) is 15.0 Å². The Balaban J connectivity index is 1.74. The molecule has 0 aliphatic carbocycles. The summed E-state index contributed by atoms with van der Waals surface area (Å²) < 4.78 is 23.9. The molecule has 26 heavy (non-hydrogen) atoms.